The summed E-state index contributed by atoms with van der Waals surface area (Å²) < 4.78 is 52.3. The topological polar surface area (TPSA) is 65.5 Å². The van der Waals surface area contributed by atoms with Gasteiger partial charge in [0.05, 0.1) is 27.7 Å². The van der Waals surface area contributed by atoms with Gasteiger partial charge in [-0.25, -0.2) is 14.2 Å². The molecule has 33 heavy (non-hydrogen) atoms. The first-order chi connectivity index (χ1) is 15.8. The SMILES string of the molecule is O=C(Nc1ccc(C(F)(F)F)cc1)N1CCC(c2nc(-c3ccccc3F)c(CO)s2)CC1. The lowest BCUT2D eigenvalue weighted by molar-refractivity contribution is -0.137. The molecule has 3 aromatic rings. The summed E-state index contributed by atoms with van der Waals surface area (Å²) in [4.78, 5) is 19.3. The second-order valence-corrected chi connectivity index (χ2v) is 8.84. The number of hydrogen-bond donors (Lipinski definition) is 2. The minimum absolute atomic E-state index is 0.0657. The third-order valence-corrected chi connectivity index (χ3v) is 6.78. The molecule has 0 radical (unpaired) electrons. The van der Waals surface area contributed by atoms with Crippen molar-refractivity contribution in [1.82, 2.24) is 9.88 Å². The lowest BCUT2D eigenvalue weighted by atomic mass is 9.97. The molecule has 5 nitrogen and oxygen atoms in total. The fraction of sp³-hybridized carbons (Fsp3) is 0.304. The number of rotatable bonds is 4. The smallest absolute Gasteiger partial charge is 0.391 e. The molecular formula is C23H21F4N3O2S. The van der Waals surface area contributed by atoms with E-state index in [-0.39, 0.29) is 24.2 Å². The number of nitrogens with one attached hydrogen (secondary N) is 1. The molecule has 0 aliphatic carbocycles. The number of thiazole rings is 1. The Hall–Kier alpha value is -2.98. The van der Waals surface area contributed by atoms with Gasteiger partial charge in [-0.3, -0.25) is 0 Å². The van der Waals surface area contributed by atoms with E-state index in [9.17, 15) is 27.5 Å². The molecule has 2 aromatic carbocycles. The van der Waals surface area contributed by atoms with Crippen molar-refractivity contribution in [1.29, 1.82) is 0 Å². The minimum atomic E-state index is -4.43. The molecule has 0 spiro atoms. The number of carbonyl (C=O) groups excluding carboxylic acids is 1. The van der Waals surface area contributed by atoms with Crippen molar-refractivity contribution in [3.05, 3.63) is 69.8 Å². The van der Waals surface area contributed by atoms with Gasteiger partial charge in [-0.2, -0.15) is 13.2 Å². The van der Waals surface area contributed by atoms with Crippen LogP contribution in [0.15, 0.2) is 48.5 Å². The van der Waals surface area contributed by atoms with Crippen LogP contribution < -0.4 is 5.32 Å². The number of urea groups is 1. The Bertz CT molecular complexity index is 1120. The molecule has 174 valence electrons. The molecular weight excluding hydrogens is 458 g/mol. The van der Waals surface area contributed by atoms with E-state index in [0.29, 0.717) is 42.1 Å². The average Bonchev–Trinajstić information content (AvgIpc) is 3.23. The van der Waals surface area contributed by atoms with Crippen LogP contribution >= 0.6 is 11.3 Å². The van der Waals surface area contributed by atoms with Crippen LogP contribution in [0.3, 0.4) is 0 Å². The Morgan fingerprint density at radius 3 is 2.39 bits per heavy atom. The van der Waals surface area contributed by atoms with E-state index >= 15 is 0 Å². The number of hydrogen-bond acceptors (Lipinski definition) is 4. The van der Waals surface area contributed by atoms with Gasteiger partial charge in [0.1, 0.15) is 5.82 Å². The van der Waals surface area contributed by atoms with Crippen molar-refractivity contribution in [2.45, 2.75) is 31.5 Å². The summed E-state index contributed by atoms with van der Waals surface area (Å²) in [5.41, 5.74) is 0.300. The fourth-order valence-corrected chi connectivity index (χ4v) is 4.90. The maximum absolute atomic E-state index is 14.2. The number of piperidine rings is 1. The van der Waals surface area contributed by atoms with Crippen molar-refractivity contribution in [3.63, 3.8) is 0 Å². The molecule has 4 rings (SSSR count). The molecule has 1 fully saturated rings. The highest BCUT2D eigenvalue weighted by Crippen LogP contribution is 2.37. The van der Waals surface area contributed by atoms with E-state index in [1.165, 1.54) is 29.5 Å². The minimum Gasteiger partial charge on any atom is -0.391 e. The number of benzene rings is 2. The van der Waals surface area contributed by atoms with Gasteiger partial charge in [0.15, 0.2) is 0 Å². The van der Waals surface area contributed by atoms with Gasteiger partial charge in [-0.15, -0.1) is 11.3 Å². The van der Waals surface area contributed by atoms with E-state index in [4.69, 9.17) is 0 Å². The number of likely N-dealkylation sites (tertiary alicyclic amines) is 1. The Morgan fingerprint density at radius 2 is 1.79 bits per heavy atom. The van der Waals surface area contributed by atoms with Crippen LogP contribution in [0.1, 0.15) is 34.2 Å². The van der Waals surface area contributed by atoms with E-state index in [1.807, 2.05) is 0 Å². The number of carbonyl (C=O) groups is 1. The zero-order chi connectivity index (χ0) is 23.6. The van der Waals surface area contributed by atoms with Crippen LogP contribution in [0.5, 0.6) is 0 Å². The predicted molar refractivity (Wildman–Crippen MR) is 117 cm³/mol. The highest BCUT2D eigenvalue weighted by Gasteiger charge is 2.30. The van der Waals surface area contributed by atoms with Crippen LogP contribution in [0.2, 0.25) is 0 Å². The Kier molecular flexibility index (Phi) is 6.66. The number of anilines is 1. The maximum Gasteiger partial charge on any atom is 0.416 e. The third kappa shape index (κ3) is 5.17. The molecule has 1 aliphatic heterocycles. The largest absolute Gasteiger partial charge is 0.416 e. The molecule has 2 N–H and O–H groups in total. The van der Waals surface area contributed by atoms with Gasteiger partial charge in [-0.1, -0.05) is 12.1 Å². The first-order valence-electron chi connectivity index (χ1n) is 10.3. The summed E-state index contributed by atoms with van der Waals surface area (Å²) in [6, 6.07) is 10.2. The summed E-state index contributed by atoms with van der Waals surface area (Å²) in [5, 5.41) is 13.1. The zero-order valence-electron chi connectivity index (χ0n) is 17.4. The first kappa shape index (κ1) is 23.2. The van der Waals surface area contributed by atoms with Gasteiger partial charge in [-0.05, 0) is 49.2 Å². The molecule has 0 bridgehead atoms. The summed E-state index contributed by atoms with van der Waals surface area (Å²) in [6.07, 6.45) is -3.16. The lowest BCUT2D eigenvalue weighted by Crippen LogP contribution is -2.40. The van der Waals surface area contributed by atoms with Crippen molar-refractivity contribution in [2.75, 3.05) is 18.4 Å². The molecule has 10 heteroatoms. The van der Waals surface area contributed by atoms with Gasteiger partial charge in [0, 0.05) is 30.3 Å². The molecule has 1 aromatic heterocycles. The summed E-state index contributed by atoms with van der Waals surface area (Å²) in [5.74, 6) is -0.338. The highest BCUT2D eigenvalue weighted by molar-refractivity contribution is 7.12. The van der Waals surface area contributed by atoms with Gasteiger partial charge in [0.2, 0.25) is 0 Å². The number of halogens is 4. The molecule has 1 saturated heterocycles. The Balaban J connectivity index is 1.39. The van der Waals surface area contributed by atoms with E-state index in [2.05, 4.69) is 10.3 Å². The quantitative estimate of drug-likeness (QED) is 0.460. The van der Waals surface area contributed by atoms with Crippen molar-refractivity contribution >= 4 is 23.1 Å². The Morgan fingerprint density at radius 1 is 1.12 bits per heavy atom. The summed E-state index contributed by atoms with van der Waals surface area (Å²) in [6.45, 7) is 0.649. The van der Waals surface area contributed by atoms with E-state index in [0.717, 1.165) is 17.1 Å². The zero-order valence-corrected chi connectivity index (χ0v) is 18.2. The average molecular weight is 479 g/mol. The van der Waals surface area contributed by atoms with Crippen molar-refractivity contribution in [3.8, 4) is 11.3 Å². The second-order valence-electron chi connectivity index (χ2n) is 7.73. The molecule has 1 aliphatic rings. The maximum atomic E-state index is 14.2. The van der Waals surface area contributed by atoms with Gasteiger partial charge >= 0.3 is 12.2 Å². The summed E-state index contributed by atoms with van der Waals surface area (Å²) in [7, 11) is 0. The monoisotopic (exact) mass is 479 g/mol. The first-order valence-corrected chi connectivity index (χ1v) is 11.2. The van der Waals surface area contributed by atoms with Crippen molar-refractivity contribution in [2.24, 2.45) is 0 Å². The number of aromatic nitrogens is 1. The van der Waals surface area contributed by atoms with Gasteiger partial charge in [0.25, 0.3) is 0 Å². The molecule has 0 atom stereocenters. The van der Waals surface area contributed by atoms with Crippen LogP contribution in [-0.2, 0) is 12.8 Å². The number of aliphatic hydroxyl groups is 1. The fourth-order valence-electron chi connectivity index (χ4n) is 3.79. The van der Waals surface area contributed by atoms with E-state index < -0.39 is 17.6 Å². The third-order valence-electron chi connectivity index (χ3n) is 5.58. The molecule has 0 unspecified atom stereocenters. The second kappa shape index (κ2) is 9.48. The van der Waals surface area contributed by atoms with Crippen LogP contribution in [0.25, 0.3) is 11.3 Å². The Labute approximate surface area is 191 Å². The molecule has 2 heterocycles. The number of amides is 2. The summed E-state index contributed by atoms with van der Waals surface area (Å²) >= 11 is 1.35. The normalized spacial score (nSPS) is 15.0. The number of nitrogens with zero attached hydrogens (tertiary/aromatic N) is 2. The predicted octanol–water partition coefficient (Wildman–Crippen LogP) is 5.87. The lowest BCUT2D eigenvalue weighted by Gasteiger charge is -2.31. The van der Waals surface area contributed by atoms with Crippen LogP contribution in [0, 0.1) is 5.82 Å². The number of aliphatic hydroxyl groups excluding tert-OH is 1. The number of alkyl halides is 3. The van der Waals surface area contributed by atoms with Crippen LogP contribution in [0.4, 0.5) is 28.0 Å². The molecule has 2 amide bonds. The van der Waals surface area contributed by atoms with Crippen molar-refractivity contribution < 1.29 is 27.5 Å². The standard InChI is InChI=1S/C23H21F4N3O2S/c24-18-4-2-1-3-17(18)20-19(13-31)33-21(29-20)14-9-11-30(12-10-14)22(32)28-16-7-5-15(6-8-16)23(25,26)27/h1-8,14,31H,9-13H2,(H,28,32). The van der Waals surface area contributed by atoms with Crippen LogP contribution in [-0.4, -0.2) is 34.1 Å². The molecule has 0 saturated carbocycles. The van der Waals surface area contributed by atoms with Gasteiger partial charge < -0.3 is 15.3 Å². The van der Waals surface area contributed by atoms with E-state index in [1.54, 1.807) is 23.1 Å². The highest BCUT2D eigenvalue weighted by atomic mass is 32.1.